The Hall–Kier alpha value is -0.950. The summed E-state index contributed by atoms with van der Waals surface area (Å²) in [5.41, 5.74) is 0.228. The summed E-state index contributed by atoms with van der Waals surface area (Å²) in [5.74, 6) is -1.99. The van der Waals surface area contributed by atoms with Gasteiger partial charge in [0.15, 0.2) is 0 Å². The molecule has 1 rings (SSSR count). The van der Waals surface area contributed by atoms with Crippen molar-refractivity contribution in [3.63, 3.8) is 0 Å². The molecule has 0 bridgehead atoms. The van der Waals surface area contributed by atoms with Crippen LogP contribution in [0.25, 0.3) is 0 Å². The van der Waals surface area contributed by atoms with Crippen LogP contribution in [0, 0.1) is 5.92 Å². The average Bonchev–Trinajstić information content (AvgIpc) is 2.25. The van der Waals surface area contributed by atoms with Crippen LogP contribution in [-0.2, 0) is 4.79 Å². The number of rotatable bonds is 4. The Bertz CT molecular complexity index is 451. The highest BCUT2D eigenvalue weighted by atomic mass is 79.9. The SMILES string of the molecule is CC(CNC(=O)c1ncc(Br)cc1Br)C(=O)O. The monoisotopic (exact) mass is 364 g/mol. The highest BCUT2D eigenvalue weighted by Gasteiger charge is 2.15. The number of aliphatic carboxylic acids is 1. The molecule has 0 spiro atoms. The van der Waals surface area contributed by atoms with E-state index in [-0.39, 0.29) is 12.2 Å². The highest BCUT2D eigenvalue weighted by Crippen LogP contribution is 2.19. The van der Waals surface area contributed by atoms with Crippen LogP contribution in [0.15, 0.2) is 21.2 Å². The molecule has 2 N–H and O–H groups in total. The van der Waals surface area contributed by atoms with Gasteiger partial charge in [-0.05, 0) is 37.9 Å². The van der Waals surface area contributed by atoms with Gasteiger partial charge < -0.3 is 10.4 Å². The van der Waals surface area contributed by atoms with Gasteiger partial charge in [-0.1, -0.05) is 6.92 Å². The smallest absolute Gasteiger partial charge is 0.308 e. The van der Waals surface area contributed by atoms with Crippen LogP contribution in [0.2, 0.25) is 0 Å². The fourth-order valence-electron chi connectivity index (χ4n) is 0.998. The number of nitrogens with one attached hydrogen (secondary N) is 1. The van der Waals surface area contributed by atoms with E-state index in [0.29, 0.717) is 4.47 Å². The first-order valence-corrected chi connectivity index (χ1v) is 6.32. The zero-order valence-corrected chi connectivity index (χ0v) is 12.1. The van der Waals surface area contributed by atoms with Gasteiger partial charge in [0.05, 0.1) is 10.4 Å². The third-order valence-corrected chi connectivity index (χ3v) is 3.05. The quantitative estimate of drug-likeness (QED) is 0.855. The van der Waals surface area contributed by atoms with Gasteiger partial charge in [-0.2, -0.15) is 0 Å². The van der Waals surface area contributed by atoms with Crippen molar-refractivity contribution in [1.82, 2.24) is 10.3 Å². The number of pyridine rings is 1. The topological polar surface area (TPSA) is 79.3 Å². The third-order valence-electron chi connectivity index (χ3n) is 2.01. The fourth-order valence-corrected chi connectivity index (χ4v) is 2.17. The van der Waals surface area contributed by atoms with E-state index in [1.165, 1.54) is 13.1 Å². The van der Waals surface area contributed by atoms with Crippen molar-refractivity contribution in [2.24, 2.45) is 5.92 Å². The van der Waals surface area contributed by atoms with E-state index in [0.717, 1.165) is 4.47 Å². The molecule has 17 heavy (non-hydrogen) atoms. The number of halogens is 2. The standard InChI is InChI=1S/C10H10Br2N2O3/c1-5(10(16)17)3-14-9(15)8-7(12)2-6(11)4-13-8/h2,4-5H,3H2,1H3,(H,14,15)(H,16,17). The van der Waals surface area contributed by atoms with E-state index < -0.39 is 17.8 Å². The molecule has 0 aliphatic rings. The summed E-state index contributed by atoms with van der Waals surface area (Å²) in [5, 5.41) is 11.2. The summed E-state index contributed by atoms with van der Waals surface area (Å²) in [6, 6.07) is 1.70. The molecule has 92 valence electrons. The second-order valence-electron chi connectivity index (χ2n) is 3.43. The Morgan fingerprint density at radius 1 is 1.53 bits per heavy atom. The molecule has 1 heterocycles. The maximum absolute atomic E-state index is 11.7. The zero-order valence-electron chi connectivity index (χ0n) is 8.91. The van der Waals surface area contributed by atoms with Gasteiger partial charge in [0.1, 0.15) is 5.69 Å². The van der Waals surface area contributed by atoms with E-state index in [9.17, 15) is 9.59 Å². The van der Waals surface area contributed by atoms with Crippen LogP contribution < -0.4 is 5.32 Å². The first-order valence-electron chi connectivity index (χ1n) is 4.74. The van der Waals surface area contributed by atoms with Gasteiger partial charge in [0, 0.05) is 17.2 Å². The van der Waals surface area contributed by atoms with E-state index in [1.807, 2.05) is 0 Å². The molecule has 1 aromatic heterocycles. The van der Waals surface area contributed by atoms with E-state index in [2.05, 4.69) is 42.2 Å². The lowest BCUT2D eigenvalue weighted by molar-refractivity contribution is -0.140. The lowest BCUT2D eigenvalue weighted by Crippen LogP contribution is -2.32. The number of carboxylic acids is 1. The van der Waals surface area contributed by atoms with Crippen molar-refractivity contribution in [1.29, 1.82) is 0 Å². The van der Waals surface area contributed by atoms with Gasteiger partial charge in [-0.3, -0.25) is 9.59 Å². The molecule has 1 atom stereocenters. The molecule has 0 fully saturated rings. The van der Waals surface area contributed by atoms with Crippen LogP contribution in [0.3, 0.4) is 0 Å². The molecule has 0 aliphatic heterocycles. The van der Waals surface area contributed by atoms with Crippen LogP contribution in [0.4, 0.5) is 0 Å². The van der Waals surface area contributed by atoms with Crippen molar-refractivity contribution in [2.75, 3.05) is 6.54 Å². The molecule has 0 saturated heterocycles. The Kier molecular flexibility index (Phi) is 5.07. The van der Waals surface area contributed by atoms with Crippen LogP contribution in [0.1, 0.15) is 17.4 Å². The maximum Gasteiger partial charge on any atom is 0.308 e. The number of carbonyl (C=O) groups is 2. The van der Waals surface area contributed by atoms with E-state index >= 15 is 0 Å². The summed E-state index contributed by atoms with van der Waals surface area (Å²) in [6.45, 7) is 1.59. The van der Waals surface area contributed by atoms with E-state index in [4.69, 9.17) is 5.11 Å². The minimum absolute atomic E-state index is 0.0678. The molecule has 0 aromatic carbocycles. The molecular formula is C10H10Br2N2O3. The molecule has 7 heteroatoms. The maximum atomic E-state index is 11.7. The zero-order chi connectivity index (χ0) is 13.0. The number of hydrogen-bond donors (Lipinski definition) is 2. The molecule has 1 unspecified atom stereocenters. The summed E-state index contributed by atoms with van der Waals surface area (Å²) >= 11 is 6.44. The van der Waals surface area contributed by atoms with Crippen molar-refractivity contribution in [2.45, 2.75) is 6.92 Å². The largest absolute Gasteiger partial charge is 0.481 e. The minimum Gasteiger partial charge on any atom is -0.481 e. The number of carbonyl (C=O) groups excluding carboxylic acids is 1. The minimum atomic E-state index is -0.951. The molecule has 1 amide bonds. The van der Waals surface area contributed by atoms with Crippen LogP contribution in [0.5, 0.6) is 0 Å². The number of nitrogens with zero attached hydrogens (tertiary/aromatic N) is 1. The fraction of sp³-hybridized carbons (Fsp3) is 0.300. The lowest BCUT2D eigenvalue weighted by Gasteiger charge is -2.08. The van der Waals surface area contributed by atoms with Gasteiger partial charge in [-0.25, -0.2) is 4.98 Å². The number of carboxylic acid groups (broad SMARTS) is 1. The normalized spacial score (nSPS) is 11.9. The predicted octanol–water partition coefficient (Wildman–Crippen LogP) is 2.06. The number of hydrogen-bond acceptors (Lipinski definition) is 3. The Labute approximate surface area is 115 Å². The van der Waals surface area contributed by atoms with Crippen molar-refractivity contribution in [3.8, 4) is 0 Å². The molecule has 5 nitrogen and oxygen atoms in total. The lowest BCUT2D eigenvalue weighted by atomic mass is 10.2. The van der Waals surface area contributed by atoms with Gasteiger partial charge in [0.2, 0.25) is 0 Å². The van der Waals surface area contributed by atoms with Crippen molar-refractivity contribution in [3.05, 3.63) is 26.9 Å². The summed E-state index contributed by atoms with van der Waals surface area (Å²) in [7, 11) is 0. The number of aromatic nitrogens is 1. The first-order chi connectivity index (χ1) is 7.91. The van der Waals surface area contributed by atoms with E-state index in [1.54, 1.807) is 6.07 Å². The number of amides is 1. The van der Waals surface area contributed by atoms with Crippen LogP contribution >= 0.6 is 31.9 Å². The average molecular weight is 366 g/mol. The third kappa shape index (κ3) is 4.08. The van der Waals surface area contributed by atoms with Gasteiger partial charge >= 0.3 is 5.97 Å². The van der Waals surface area contributed by atoms with Crippen LogP contribution in [-0.4, -0.2) is 28.5 Å². The highest BCUT2D eigenvalue weighted by molar-refractivity contribution is 9.11. The Morgan fingerprint density at radius 3 is 2.71 bits per heavy atom. The Balaban J connectivity index is 2.67. The second kappa shape index (κ2) is 6.11. The predicted molar refractivity (Wildman–Crippen MR) is 68.8 cm³/mol. The summed E-state index contributed by atoms with van der Waals surface area (Å²) in [4.78, 5) is 26.2. The molecule has 0 aliphatic carbocycles. The van der Waals surface area contributed by atoms with Gasteiger partial charge in [-0.15, -0.1) is 0 Å². The first kappa shape index (κ1) is 14.1. The molecule has 0 radical (unpaired) electrons. The molecule has 0 saturated carbocycles. The Morgan fingerprint density at radius 2 is 2.18 bits per heavy atom. The van der Waals surface area contributed by atoms with Crippen molar-refractivity contribution >= 4 is 43.7 Å². The molecule has 1 aromatic rings. The van der Waals surface area contributed by atoms with Crippen molar-refractivity contribution < 1.29 is 14.7 Å². The van der Waals surface area contributed by atoms with Gasteiger partial charge in [0.25, 0.3) is 5.91 Å². The molecular weight excluding hydrogens is 356 g/mol. The summed E-state index contributed by atoms with van der Waals surface area (Å²) < 4.78 is 1.30. The second-order valence-corrected chi connectivity index (χ2v) is 5.20. The summed E-state index contributed by atoms with van der Waals surface area (Å²) in [6.07, 6.45) is 1.50.